The molecule has 0 aliphatic carbocycles. The van der Waals surface area contributed by atoms with E-state index in [2.05, 4.69) is 10.6 Å². The molecule has 70 valence electrons. The van der Waals surface area contributed by atoms with Gasteiger partial charge in [0.2, 0.25) is 0 Å². The van der Waals surface area contributed by atoms with Crippen molar-refractivity contribution in [2.75, 3.05) is 13.1 Å². The van der Waals surface area contributed by atoms with Crippen LogP contribution < -0.4 is 10.6 Å². The predicted molar refractivity (Wildman–Crippen MR) is 35.7 cm³/mol. The van der Waals surface area contributed by atoms with Gasteiger partial charge in [-0.3, -0.25) is 0 Å². The van der Waals surface area contributed by atoms with E-state index in [1.807, 2.05) is 0 Å². The highest BCUT2D eigenvalue weighted by atomic mass is 19.4. The highest BCUT2D eigenvalue weighted by Gasteiger charge is 2.41. The van der Waals surface area contributed by atoms with Crippen molar-refractivity contribution in [2.45, 2.75) is 18.3 Å². The zero-order valence-electron chi connectivity index (χ0n) is 6.19. The van der Waals surface area contributed by atoms with Crippen molar-refractivity contribution < 1.29 is 18.0 Å². The molecule has 0 aromatic carbocycles. The Morgan fingerprint density at radius 3 is 2.25 bits per heavy atom. The fourth-order valence-electron chi connectivity index (χ4n) is 1.01. The molecule has 0 aromatic heterocycles. The van der Waals surface area contributed by atoms with Crippen LogP contribution >= 0.6 is 0 Å². The normalized spacial score (nSPS) is 31.6. The Morgan fingerprint density at radius 2 is 1.92 bits per heavy atom. The van der Waals surface area contributed by atoms with Crippen LogP contribution in [0.1, 0.15) is 0 Å². The van der Waals surface area contributed by atoms with E-state index in [4.69, 9.17) is 0 Å². The molecule has 1 aliphatic heterocycles. The minimum Gasteiger partial charge on any atom is -0.305 e. The molecule has 0 radical (unpaired) electrons. The van der Waals surface area contributed by atoms with Crippen molar-refractivity contribution in [1.82, 2.24) is 10.6 Å². The van der Waals surface area contributed by atoms with Crippen molar-refractivity contribution in [3.63, 3.8) is 0 Å². The third-order valence-electron chi connectivity index (χ3n) is 1.73. The molecule has 0 aromatic rings. The Balaban J connectivity index is 2.41. The third-order valence-corrected chi connectivity index (χ3v) is 1.73. The van der Waals surface area contributed by atoms with Crippen LogP contribution in [0.4, 0.5) is 13.2 Å². The number of nitrogens with one attached hydrogen (secondary N) is 2. The number of carbonyl (C=O) groups is 1. The molecule has 2 unspecified atom stereocenters. The van der Waals surface area contributed by atoms with E-state index in [0.717, 1.165) is 0 Å². The van der Waals surface area contributed by atoms with Gasteiger partial charge < -0.3 is 15.4 Å². The monoisotopic (exact) mass is 182 g/mol. The minimum absolute atomic E-state index is 0.0354. The topological polar surface area (TPSA) is 41.1 Å². The van der Waals surface area contributed by atoms with Crippen molar-refractivity contribution in [3.05, 3.63) is 0 Å². The van der Waals surface area contributed by atoms with Crippen molar-refractivity contribution in [3.8, 4) is 0 Å². The maximum Gasteiger partial charge on any atom is 0.405 e. The number of halogens is 3. The van der Waals surface area contributed by atoms with Crippen LogP contribution in [0, 0.1) is 0 Å². The van der Waals surface area contributed by atoms with Gasteiger partial charge in [0.25, 0.3) is 0 Å². The summed E-state index contributed by atoms with van der Waals surface area (Å²) in [4.78, 5) is 10.1. The average molecular weight is 182 g/mol. The van der Waals surface area contributed by atoms with Crippen LogP contribution in [0.3, 0.4) is 0 Å². The smallest absolute Gasteiger partial charge is 0.305 e. The molecule has 1 rings (SSSR count). The molecule has 1 fully saturated rings. The summed E-state index contributed by atoms with van der Waals surface area (Å²) in [5, 5.41) is 4.72. The summed E-state index contributed by atoms with van der Waals surface area (Å²) in [6.45, 7) is -0.208. The van der Waals surface area contributed by atoms with Gasteiger partial charge in [0.05, 0.1) is 6.04 Å². The standard InChI is InChI=1S/C6H9F3N2O/c7-6(8,9)5-2-10-4(3-12)1-11-5/h3-5,10-11H,1-2H2. The maximum atomic E-state index is 12.0. The Bertz CT molecular complexity index is 163. The lowest BCUT2D eigenvalue weighted by Gasteiger charge is -2.29. The molecule has 2 N–H and O–H groups in total. The minimum atomic E-state index is -4.24. The number of hydrogen-bond acceptors (Lipinski definition) is 3. The molecule has 0 amide bonds. The summed E-state index contributed by atoms with van der Waals surface area (Å²) < 4.78 is 35.9. The fourth-order valence-corrected chi connectivity index (χ4v) is 1.01. The second kappa shape index (κ2) is 3.40. The molecule has 0 spiro atoms. The Morgan fingerprint density at radius 1 is 1.25 bits per heavy atom. The van der Waals surface area contributed by atoms with Crippen LogP contribution in [0.25, 0.3) is 0 Å². The fraction of sp³-hybridized carbons (Fsp3) is 0.833. The Hall–Kier alpha value is -0.620. The van der Waals surface area contributed by atoms with Gasteiger partial charge in [-0.2, -0.15) is 13.2 Å². The number of hydrogen-bond donors (Lipinski definition) is 2. The van der Waals surface area contributed by atoms with Crippen molar-refractivity contribution >= 4 is 6.29 Å². The van der Waals surface area contributed by atoms with E-state index >= 15 is 0 Å². The highest BCUT2D eigenvalue weighted by Crippen LogP contribution is 2.20. The van der Waals surface area contributed by atoms with Gasteiger partial charge in [-0.1, -0.05) is 0 Å². The van der Waals surface area contributed by atoms with Crippen LogP contribution in [0.5, 0.6) is 0 Å². The zero-order chi connectivity index (χ0) is 9.19. The lowest BCUT2D eigenvalue weighted by atomic mass is 10.2. The summed E-state index contributed by atoms with van der Waals surface area (Å²) in [7, 11) is 0. The maximum absolute atomic E-state index is 12.0. The molecule has 3 nitrogen and oxygen atoms in total. The molecule has 0 bridgehead atoms. The zero-order valence-corrected chi connectivity index (χ0v) is 6.19. The van der Waals surface area contributed by atoms with Gasteiger partial charge in [-0.25, -0.2) is 0 Å². The van der Waals surface area contributed by atoms with Gasteiger partial charge in [0.15, 0.2) is 0 Å². The quantitative estimate of drug-likeness (QED) is 0.546. The van der Waals surface area contributed by atoms with Gasteiger partial charge in [-0.15, -0.1) is 0 Å². The van der Waals surface area contributed by atoms with Crippen molar-refractivity contribution in [1.29, 1.82) is 0 Å². The lowest BCUT2D eigenvalue weighted by molar-refractivity contribution is -0.158. The Kier molecular flexibility index (Phi) is 2.69. The lowest BCUT2D eigenvalue weighted by Crippen LogP contribution is -2.60. The Labute approximate surface area is 67.3 Å². The first-order valence-corrected chi connectivity index (χ1v) is 3.53. The molecule has 1 saturated heterocycles. The van der Waals surface area contributed by atoms with E-state index in [-0.39, 0.29) is 13.1 Å². The molecule has 0 saturated carbocycles. The van der Waals surface area contributed by atoms with Crippen molar-refractivity contribution in [2.24, 2.45) is 0 Å². The van der Waals surface area contributed by atoms with Gasteiger partial charge in [0.1, 0.15) is 12.3 Å². The first-order chi connectivity index (χ1) is 5.54. The number of aldehydes is 1. The van der Waals surface area contributed by atoms with E-state index in [1.54, 1.807) is 0 Å². The second-order valence-electron chi connectivity index (χ2n) is 2.65. The first-order valence-electron chi connectivity index (χ1n) is 3.53. The molecule has 1 aliphatic rings. The molecule has 2 atom stereocenters. The number of rotatable bonds is 1. The third kappa shape index (κ3) is 2.18. The van der Waals surface area contributed by atoms with E-state index in [0.29, 0.717) is 6.29 Å². The molecule has 6 heteroatoms. The molecular formula is C6H9F3N2O. The van der Waals surface area contributed by atoms with Gasteiger partial charge in [-0.05, 0) is 0 Å². The van der Waals surface area contributed by atoms with Gasteiger partial charge in [0, 0.05) is 13.1 Å². The first kappa shape index (κ1) is 9.47. The number of alkyl halides is 3. The van der Waals surface area contributed by atoms with Crippen LogP contribution in [0.2, 0.25) is 0 Å². The molecule has 1 heterocycles. The summed E-state index contributed by atoms with van der Waals surface area (Å²) in [5.74, 6) is 0. The second-order valence-corrected chi connectivity index (χ2v) is 2.65. The van der Waals surface area contributed by atoms with Crippen LogP contribution in [-0.4, -0.2) is 37.6 Å². The van der Waals surface area contributed by atoms with E-state index in [1.165, 1.54) is 0 Å². The van der Waals surface area contributed by atoms with E-state index < -0.39 is 18.3 Å². The van der Waals surface area contributed by atoms with Crippen LogP contribution in [-0.2, 0) is 4.79 Å². The molecular weight excluding hydrogens is 173 g/mol. The van der Waals surface area contributed by atoms with Gasteiger partial charge >= 0.3 is 6.18 Å². The largest absolute Gasteiger partial charge is 0.405 e. The SMILES string of the molecule is O=CC1CNC(C(F)(F)F)CN1. The van der Waals surface area contributed by atoms with E-state index in [9.17, 15) is 18.0 Å². The summed E-state index contributed by atoms with van der Waals surface area (Å²) >= 11 is 0. The molecule has 12 heavy (non-hydrogen) atoms. The summed E-state index contributed by atoms with van der Waals surface area (Å²) in [6.07, 6.45) is -3.64. The predicted octanol–water partition coefficient (Wildman–Crippen LogP) is -0.322. The summed E-state index contributed by atoms with van der Waals surface area (Å²) in [6, 6.07) is -2.03. The number of carbonyl (C=O) groups excluding carboxylic acids is 1. The number of piperazine rings is 1. The van der Waals surface area contributed by atoms with Crippen LogP contribution in [0.15, 0.2) is 0 Å². The highest BCUT2D eigenvalue weighted by molar-refractivity contribution is 5.58. The summed E-state index contributed by atoms with van der Waals surface area (Å²) in [5.41, 5.74) is 0. The average Bonchev–Trinajstić information content (AvgIpc) is 2.03.